The van der Waals surface area contributed by atoms with Crippen molar-refractivity contribution in [2.24, 2.45) is 94.7 Å². The number of amides is 4. The molecule has 16 atom stereocenters. The second-order valence-electron chi connectivity index (χ2n) is 27.0. The lowest BCUT2D eigenvalue weighted by Gasteiger charge is -2.44. The molecule has 10 nitrogen and oxygen atoms in total. The summed E-state index contributed by atoms with van der Waals surface area (Å²) in [7, 11) is 0. The molecule has 440 valence electrons. The zero-order chi connectivity index (χ0) is 54.9. The highest BCUT2D eigenvalue weighted by molar-refractivity contribution is 5.91. The van der Waals surface area contributed by atoms with Crippen molar-refractivity contribution < 1.29 is 28.8 Å². The molecule has 0 spiro atoms. The first-order valence-corrected chi connectivity index (χ1v) is 33.5. The average molecular weight is 1080 g/mol. The van der Waals surface area contributed by atoms with Crippen LogP contribution in [0, 0.1) is 94.7 Å². The van der Waals surface area contributed by atoms with Crippen LogP contribution in [0.1, 0.15) is 245 Å². The summed E-state index contributed by atoms with van der Waals surface area (Å²) in [6, 6.07) is 0. The number of carbonyl (C=O) groups is 6. The lowest BCUT2D eigenvalue weighted by atomic mass is 9.61. The van der Waals surface area contributed by atoms with Gasteiger partial charge >= 0.3 is 0 Å². The van der Waals surface area contributed by atoms with Crippen molar-refractivity contribution in [1.82, 2.24) is 21.3 Å². The molecule has 0 heterocycles. The van der Waals surface area contributed by atoms with E-state index in [9.17, 15) is 28.8 Å². The van der Waals surface area contributed by atoms with Gasteiger partial charge in [0.2, 0.25) is 23.6 Å². The van der Waals surface area contributed by atoms with E-state index in [1.165, 1.54) is 217 Å². The monoisotopic (exact) mass is 1080 g/mol. The Morgan fingerprint density at radius 1 is 0.372 bits per heavy atom. The Labute approximate surface area is 474 Å². The van der Waals surface area contributed by atoms with E-state index in [-0.39, 0.29) is 23.6 Å². The third-order valence-electron chi connectivity index (χ3n) is 22.3. The second-order valence-corrected chi connectivity index (χ2v) is 27.0. The van der Waals surface area contributed by atoms with Gasteiger partial charge in [0, 0.05) is 51.2 Å². The third kappa shape index (κ3) is 18.6. The lowest BCUT2D eigenvalue weighted by molar-refractivity contribution is -0.122. The van der Waals surface area contributed by atoms with Crippen LogP contribution < -0.4 is 21.3 Å². The lowest BCUT2D eigenvalue weighted by Crippen LogP contribution is -2.37. The fourth-order valence-corrected chi connectivity index (χ4v) is 18.9. The van der Waals surface area contributed by atoms with Crippen LogP contribution in [0.2, 0.25) is 0 Å². The quantitative estimate of drug-likeness (QED) is 0.0273. The van der Waals surface area contributed by atoms with E-state index in [0.29, 0.717) is 74.0 Å². The minimum absolute atomic E-state index is 0.170. The van der Waals surface area contributed by atoms with Gasteiger partial charge < -0.3 is 21.3 Å². The fraction of sp³-hybridized carbons (Fsp3) is 0.853. The molecular weight excluding hydrogens is 969 g/mol. The first-order chi connectivity index (χ1) is 38.2. The maximum Gasteiger partial charge on any atom is 0.244 e. The van der Waals surface area contributed by atoms with Crippen LogP contribution in [0.15, 0.2) is 24.3 Å². The molecule has 0 aromatic heterocycles. The van der Waals surface area contributed by atoms with E-state index in [2.05, 4.69) is 35.1 Å². The van der Waals surface area contributed by atoms with Crippen LogP contribution in [0.5, 0.6) is 0 Å². The molecule has 4 bridgehead atoms. The van der Waals surface area contributed by atoms with Crippen molar-refractivity contribution in [3.05, 3.63) is 24.3 Å². The van der Waals surface area contributed by atoms with Crippen molar-refractivity contribution >= 4 is 36.2 Å². The van der Waals surface area contributed by atoms with Gasteiger partial charge in [-0.15, -0.1) is 0 Å². The molecule has 16 unspecified atom stereocenters. The van der Waals surface area contributed by atoms with Crippen molar-refractivity contribution in [2.75, 3.05) is 26.2 Å². The fourth-order valence-electron chi connectivity index (χ4n) is 18.9. The van der Waals surface area contributed by atoms with E-state index in [0.717, 1.165) is 98.0 Å². The number of hydrogen-bond acceptors (Lipinski definition) is 6. The number of aldehydes is 2. The Kier molecular flexibility index (Phi) is 27.3. The maximum absolute atomic E-state index is 13.1. The standard InChI is InChI=1S/C68H112N4O6/c1-3-5-7-9-13-19-27-57-49(25-17-8-6-4-2)33-34-50(26-18-12-10-15-21-30-64(76)71-47-55-41-53-43-61(55)59-38-36-52(68(53)59)46-70-65(77)31-23-39-73)58(57)28-20-14-11-16-22-29-63(75)69-45-51-35-37-60-62-44-54(67(51)60)42-56(62)48-72-66(78)32-24-40-74/h23-24,31-32,39-40,49-62,67-68H,3-22,25-30,33-38,41-48H2,1-2H3,(H,69,75)(H,70,77)(H,71,76)(H,72,78)/b31-23-,32-24-. The number of allylic oxidation sites excluding steroid dienone is 2. The van der Waals surface area contributed by atoms with Gasteiger partial charge in [0.15, 0.2) is 0 Å². The molecule has 4 N–H and O–H groups in total. The Morgan fingerprint density at radius 2 is 0.731 bits per heavy atom. The summed E-state index contributed by atoms with van der Waals surface area (Å²) in [5, 5.41) is 12.8. The predicted molar refractivity (Wildman–Crippen MR) is 316 cm³/mol. The van der Waals surface area contributed by atoms with Crippen LogP contribution in [0.4, 0.5) is 0 Å². The van der Waals surface area contributed by atoms with Gasteiger partial charge in [0.25, 0.3) is 0 Å². The summed E-state index contributed by atoms with van der Waals surface area (Å²) in [6.07, 6.45) is 52.1. The molecule has 7 rings (SSSR count). The van der Waals surface area contributed by atoms with Crippen LogP contribution >= 0.6 is 0 Å². The van der Waals surface area contributed by atoms with Crippen LogP contribution in [-0.4, -0.2) is 62.4 Å². The third-order valence-corrected chi connectivity index (χ3v) is 22.3. The molecule has 7 saturated carbocycles. The van der Waals surface area contributed by atoms with Crippen molar-refractivity contribution in [2.45, 2.75) is 245 Å². The smallest absolute Gasteiger partial charge is 0.244 e. The average Bonchev–Trinajstić information content (AvgIpc) is 4.34. The van der Waals surface area contributed by atoms with Crippen LogP contribution in [-0.2, 0) is 28.8 Å². The van der Waals surface area contributed by atoms with E-state index in [1.807, 2.05) is 0 Å². The molecular formula is C68H112N4O6. The summed E-state index contributed by atoms with van der Waals surface area (Å²) < 4.78 is 0. The Hall–Kier alpha value is -3.30. The molecule has 7 aliphatic rings. The Morgan fingerprint density at radius 3 is 1.18 bits per heavy atom. The summed E-state index contributed by atoms with van der Waals surface area (Å²) in [5.41, 5.74) is 0. The topological polar surface area (TPSA) is 151 Å². The van der Waals surface area contributed by atoms with E-state index < -0.39 is 0 Å². The van der Waals surface area contributed by atoms with Crippen molar-refractivity contribution in [3.63, 3.8) is 0 Å². The van der Waals surface area contributed by atoms with Gasteiger partial charge in [0.1, 0.15) is 12.6 Å². The van der Waals surface area contributed by atoms with Gasteiger partial charge in [-0.25, -0.2) is 0 Å². The number of nitrogens with one attached hydrogen (secondary N) is 4. The Bertz CT molecular complexity index is 1880. The molecule has 0 saturated heterocycles. The SMILES string of the molecule is CCCCCCCCC1C(CCCCCC)CCC(CCCCCCCC(=O)NCC2CC3CC2C2CCC(CNC(=O)/C=C\C=O)C32)C1CCCCCCCC(=O)NCC1CCC2C3CC(CC3CNC(=O)/C=C\C=O)C12. The summed E-state index contributed by atoms with van der Waals surface area (Å²) in [5.74, 6) is 11.8. The molecule has 0 aliphatic heterocycles. The predicted octanol–water partition coefficient (Wildman–Crippen LogP) is 14.0. The largest absolute Gasteiger partial charge is 0.356 e. The van der Waals surface area contributed by atoms with Crippen LogP contribution in [0.25, 0.3) is 0 Å². The highest BCUT2D eigenvalue weighted by atomic mass is 16.2. The molecule has 10 heteroatoms. The highest BCUT2D eigenvalue weighted by Crippen LogP contribution is 2.64. The maximum atomic E-state index is 13.1. The number of hydrogen-bond donors (Lipinski definition) is 4. The zero-order valence-electron chi connectivity index (χ0n) is 49.4. The molecule has 78 heavy (non-hydrogen) atoms. The molecule has 7 fully saturated rings. The summed E-state index contributed by atoms with van der Waals surface area (Å²) >= 11 is 0. The Balaban J connectivity index is 0.780. The number of rotatable bonds is 40. The first kappa shape index (κ1) is 62.3. The van der Waals surface area contributed by atoms with Gasteiger partial charge in [-0.05, 0) is 197 Å². The first-order valence-electron chi connectivity index (χ1n) is 33.5. The summed E-state index contributed by atoms with van der Waals surface area (Å²) in [4.78, 5) is 71.5. The molecule has 4 amide bonds. The normalized spacial score (nSPS) is 32.4. The summed E-state index contributed by atoms with van der Waals surface area (Å²) in [6.45, 7) is 7.77. The highest BCUT2D eigenvalue weighted by Gasteiger charge is 2.58. The number of fused-ring (bicyclic) bond motifs is 10. The van der Waals surface area contributed by atoms with E-state index in [4.69, 9.17) is 0 Å². The van der Waals surface area contributed by atoms with Gasteiger partial charge in [-0.1, -0.05) is 142 Å². The second kappa shape index (κ2) is 34.2. The van der Waals surface area contributed by atoms with Gasteiger partial charge in [-0.3, -0.25) is 28.8 Å². The number of unbranched alkanes of at least 4 members (excludes halogenated alkanes) is 16. The van der Waals surface area contributed by atoms with Crippen LogP contribution in [0.3, 0.4) is 0 Å². The molecule has 0 aromatic rings. The zero-order valence-corrected chi connectivity index (χ0v) is 49.4. The molecule has 0 aromatic carbocycles. The van der Waals surface area contributed by atoms with Gasteiger partial charge in [-0.2, -0.15) is 0 Å². The molecule has 7 aliphatic carbocycles. The van der Waals surface area contributed by atoms with Crippen molar-refractivity contribution in [1.29, 1.82) is 0 Å². The minimum atomic E-state index is -0.170. The van der Waals surface area contributed by atoms with Gasteiger partial charge in [0.05, 0.1) is 0 Å². The minimum Gasteiger partial charge on any atom is -0.356 e. The number of carbonyl (C=O) groups excluding carboxylic acids is 6. The van der Waals surface area contributed by atoms with E-state index >= 15 is 0 Å². The molecule has 0 radical (unpaired) electrons. The van der Waals surface area contributed by atoms with Crippen molar-refractivity contribution in [3.8, 4) is 0 Å². The van der Waals surface area contributed by atoms with E-state index in [1.54, 1.807) is 0 Å².